The van der Waals surface area contributed by atoms with Crippen molar-refractivity contribution in [2.24, 2.45) is 11.8 Å². The van der Waals surface area contributed by atoms with Gasteiger partial charge in [-0.15, -0.1) is 0 Å². The van der Waals surface area contributed by atoms with Crippen LogP contribution in [0.5, 0.6) is 0 Å². The highest BCUT2D eigenvalue weighted by atomic mass is 16.7. The number of allylic oxidation sites excluding steroid dienone is 2. The minimum Gasteiger partial charge on any atom is -0.481 e. The Hall–Kier alpha value is -0.870. The van der Waals surface area contributed by atoms with Crippen LogP contribution >= 0.6 is 0 Å². The molecule has 4 heteroatoms. The molecule has 0 aromatic heterocycles. The SMILES string of the molecule is O=C(O)C[C@H]1C=C[C@H](CCCCCCCCCCCCCCCOC2CCCCO2)C1. The zero-order valence-corrected chi connectivity index (χ0v) is 19.9. The summed E-state index contributed by atoms with van der Waals surface area (Å²) in [6.07, 6.45) is 28.2. The summed E-state index contributed by atoms with van der Waals surface area (Å²) in [7, 11) is 0. The minimum absolute atomic E-state index is 0.0800. The van der Waals surface area contributed by atoms with Crippen LogP contribution in [-0.2, 0) is 14.3 Å². The minimum atomic E-state index is -0.665. The summed E-state index contributed by atoms with van der Waals surface area (Å²) in [5, 5.41) is 8.87. The van der Waals surface area contributed by atoms with Crippen LogP contribution in [0, 0.1) is 11.8 Å². The summed E-state index contributed by atoms with van der Waals surface area (Å²) in [6.45, 7) is 1.74. The van der Waals surface area contributed by atoms with Gasteiger partial charge in [0.15, 0.2) is 6.29 Å². The Morgan fingerprint density at radius 3 is 1.97 bits per heavy atom. The number of aliphatic carboxylic acids is 1. The Labute approximate surface area is 191 Å². The highest BCUT2D eigenvalue weighted by molar-refractivity contribution is 5.67. The van der Waals surface area contributed by atoms with E-state index in [9.17, 15) is 4.79 Å². The third-order valence-corrected chi connectivity index (χ3v) is 6.86. The molecule has 0 aromatic carbocycles. The second kappa shape index (κ2) is 17.7. The highest BCUT2D eigenvalue weighted by Crippen LogP contribution is 2.30. The van der Waals surface area contributed by atoms with Crippen molar-refractivity contribution in [1.29, 1.82) is 0 Å². The van der Waals surface area contributed by atoms with Crippen LogP contribution in [0.15, 0.2) is 12.2 Å². The van der Waals surface area contributed by atoms with Gasteiger partial charge in [0.2, 0.25) is 0 Å². The molecule has 1 aliphatic heterocycles. The third kappa shape index (κ3) is 14.0. The van der Waals surface area contributed by atoms with Crippen LogP contribution < -0.4 is 0 Å². The maximum absolute atomic E-state index is 10.8. The van der Waals surface area contributed by atoms with Crippen molar-refractivity contribution in [3.05, 3.63) is 12.2 Å². The van der Waals surface area contributed by atoms with Crippen LogP contribution in [0.3, 0.4) is 0 Å². The topological polar surface area (TPSA) is 55.8 Å². The molecule has 0 saturated carbocycles. The summed E-state index contributed by atoms with van der Waals surface area (Å²) in [5.74, 6) is 0.238. The van der Waals surface area contributed by atoms with Crippen molar-refractivity contribution >= 4 is 5.97 Å². The largest absolute Gasteiger partial charge is 0.481 e. The van der Waals surface area contributed by atoms with Gasteiger partial charge in [0.1, 0.15) is 0 Å². The average molecular weight is 437 g/mol. The van der Waals surface area contributed by atoms with Crippen LogP contribution in [0.2, 0.25) is 0 Å². The van der Waals surface area contributed by atoms with E-state index in [2.05, 4.69) is 12.2 Å². The molecular formula is C27H48O4. The number of ether oxygens (including phenoxy) is 2. The molecule has 180 valence electrons. The second-order valence-electron chi connectivity index (χ2n) is 9.79. The summed E-state index contributed by atoms with van der Waals surface area (Å²) >= 11 is 0. The predicted molar refractivity (Wildman–Crippen MR) is 127 cm³/mol. The van der Waals surface area contributed by atoms with E-state index in [4.69, 9.17) is 14.6 Å². The number of carboxylic acids is 1. The lowest BCUT2D eigenvalue weighted by Crippen LogP contribution is -2.22. The zero-order valence-electron chi connectivity index (χ0n) is 19.9. The smallest absolute Gasteiger partial charge is 0.303 e. The van der Waals surface area contributed by atoms with Gasteiger partial charge in [-0.2, -0.15) is 0 Å². The first-order chi connectivity index (χ1) is 15.2. The fraction of sp³-hybridized carbons (Fsp3) is 0.889. The molecule has 1 fully saturated rings. The Bertz CT molecular complexity index is 470. The molecule has 0 aromatic rings. The van der Waals surface area contributed by atoms with Gasteiger partial charge in [-0.1, -0.05) is 89.2 Å². The van der Waals surface area contributed by atoms with Crippen LogP contribution in [0.1, 0.15) is 122 Å². The van der Waals surface area contributed by atoms with Crippen molar-refractivity contribution in [1.82, 2.24) is 0 Å². The standard InChI is InChI=1S/C27H48O4/c28-26(29)23-25-19-18-24(22-25)16-12-10-8-6-4-2-1-3-5-7-9-11-14-20-30-27-17-13-15-21-31-27/h18-19,24-25,27H,1-17,20-23H2,(H,28,29)/t24-,25-,27?/m0/s1. The predicted octanol–water partition coefficient (Wildman–Crippen LogP) is 7.66. The molecule has 1 aliphatic carbocycles. The van der Waals surface area contributed by atoms with Gasteiger partial charge < -0.3 is 14.6 Å². The van der Waals surface area contributed by atoms with Gasteiger partial charge in [0, 0.05) is 13.2 Å². The van der Waals surface area contributed by atoms with Crippen LogP contribution in [0.25, 0.3) is 0 Å². The van der Waals surface area contributed by atoms with Gasteiger partial charge in [-0.25, -0.2) is 0 Å². The Morgan fingerprint density at radius 2 is 1.39 bits per heavy atom. The third-order valence-electron chi connectivity index (χ3n) is 6.86. The van der Waals surface area contributed by atoms with E-state index in [0.29, 0.717) is 12.3 Å². The van der Waals surface area contributed by atoms with Gasteiger partial charge >= 0.3 is 5.97 Å². The van der Waals surface area contributed by atoms with Crippen LogP contribution in [0.4, 0.5) is 0 Å². The summed E-state index contributed by atoms with van der Waals surface area (Å²) < 4.78 is 11.4. The van der Waals surface area contributed by atoms with Crippen LogP contribution in [-0.4, -0.2) is 30.6 Å². The second-order valence-corrected chi connectivity index (χ2v) is 9.79. The van der Waals surface area contributed by atoms with Gasteiger partial charge in [-0.3, -0.25) is 4.79 Å². The van der Waals surface area contributed by atoms with Crippen molar-refractivity contribution in [3.63, 3.8) is 0 Å². The summed E-state index contributed by atoms with van der Waals surface area (Å²) in [5.41, 5.74) is 0. The first-order valence-corrected chi connectivity index (χ1v) is 13.4. The summed E-state index contributed by atoms with van der Waals surface area (Å²) in [6, 6.07) is 0. The lowest BCUT2D eigenvalue weighted by Gasteiger charge is -2.22. The molecule has 0 radical (unpaired) electrons. The van der Waals surface area contributed by atoms with Gasteiger partial charge in [0.25, 0.3) is 0 Å². The number of hydrogen-bond acceptors (Lipinski definition) is 3. The number of rotatable bonds is 19. The lowest BCUT2D eigenvalue weighted by molar-refractivity contribution is -0.162. The number of unbranched alkanes of at least 4 members (excludes halogenated alkanes) is 12. The van der Waals surface area contributed by atoms with E-state index in [-0.39, 0.29) is 12.2 Å². The fourth-order valence-electron chi connectivity index (χ4n) is 4.96. The maximum atomic E-state index is 10.8. The first-order valence-electron chi connectivity index (χ1n) is 13.4. The molecule has 0 amide bonds. The Morgan fingerprint density at radius 1 is 0.806 bits per heavy atom. The van der Waals surface area contributed by atoms with E-state index in [1.54, 1.807) is 0 Å². The lowest BCUT2D eigenvalue weighted by atomic mass is 9.95. The normalized spacial score (nSPS) is 23.4. The Kier molecular flexibility index (Phi) is 15.0. The van der Waals surface area contributed by atoms with Crippen molar-refractivity contribution < 1.29 is 19.4 Å². The highest BCUT2D eigenvalue weighted by Gasteiger charge is 2.20. The molecule has 4 nitrogen and oxygen atoms in total. The summed E-state index contributed by atoms with van der Waals surface area (Å²) in [4.78, 5) is 10.8. The average Bonchev–Trinajstić information content (AvgIpc) is 3.20. The quantitative estimate of drug-likeness (QED) is 0.167. The first kappa shape index (κ1) is 26.4. The van der Waals surface area contributed by atoms with Crippen molar-refractivity contribution in [2.75, 3.05) is 13.2 Å². The molecular weight excluding hydrogens is 388 g/mol. The molecule has 3 atom stereocenters. The zero-order chi connectivity index (χ0) is 22.0. The fourth-order valence-corrected chi connectivity index (χ4v) is 4.96. The molecule has 1 saturated heterocycles. The van der Waals surface area contributed by atoms with E-state index < -0.39 is 5.97 Å². The number of carboxylic acid groups (broad SMARTS) is 1. The molecule has 0 spiro atoms. The molecule has 31 heavy (non-hydrogen) atoms. The van der Waals surface area contributed by atoms with Gasteiger partial charge in [0.05, 0.1) is 6.42 Å². The molecule has 1 heterocycles. The molecule has 2 rings (SSSR count). The number of hydrogen-bond donors (Lipinski definition) is 1. The van der Waals surface area contributed by atoms with E-state index in [1.807, 2.05) is 0 Å². The van der Waals surface area contributed by atoms with E-state index in [1.165, 1.54) is 103 Å². The maximum Gasteiger partial charge on any atom is 0.303 e. The number of carbonyl (C=O) groups is 1. The Balaban J connectivity index is 1.23. The van der Waals surface area contributed by atoms with Gasteiger partial charge in [-0.05, 0) is 50.4 Å². The molecule has 2 aliphatic rings. The molecule has 1 unspecified atom stereocenters. The molecule has 0 bridgehead atoms. The van der Waals surface area contributed by atoms with E-state index in [0.717, 1.165) is 26.1 Å². The van der Waals surface area contributed by atoms with Crippen molar-refractivity contribution in [2.45, 2.75) is 128 Å². The van der Waals surface area contributed by atoms with Crippen molar-refractivity contribution in [3.8, 4) is 0 Å². The monoisotopic (exact) mass is 436 g/mol. The molecule has 1 N–H and O–H groups in total. The van der Waals surface area contributed by atoms with E-state index >= 15 is 0 Å².